The van der Waals surface area contributed by atoms with Crippen LogP contribution < -0.4 is 10.5 Å². The van der Waals surface area contributed by atoms with Crippen molar-refractivity contribution in [2.75, 3.05) is 12.9 Å². The average molecular weight is 340 g/mol. The molecule has 2 aromatic carbocycles. The van der Waals surface area contributed by atoms with E-state index in [1.807, 2.05) is 59.2 Å². The summed E-state index contributed by atoms with van der Waals surface area (Å²) >= 11 is 1.26. The highest BCUT2D eigenvalue weighted by molar-refractivity contribution is 7.99. The number of rotatable bonds is 6. The minimum absolute atomic E-state index is 0.142. The van der Waals surface area contributed by atoms with Crippen molar-refractivity contribution in [3.05, 3.63) is 54.6 Å². The molecule has 122 valence electrons. The largest absolute Gasteiger partial charge is 0.497 e. The van der Waals surface area contributed by atoms with Gasteiger partial charge in [0.15, 0.2) is 11.0 Å². The molecule has 0 saturated carbocycles. The molecule has 0 spiro atoms. The van der Waals surface area contributed by atoms with E-state index < -0.39 is 5.91 Å². The smallest absolute Gasteiger partial charge is 0.227 e. The maximum Gasteiger partial charge on any atom is 0.227 e. The number of benzene rings is 2. The minimum Gasteiger partial charge on any atom is -0.497 e. The van der Waals surface area contributed by atoms with Gasteiger partial charge in [0, 0.05) is 11.3 Å². The summed E-state index contributed by atoms with van der Waals surface area (Å²) in [5.41, 5.74) is 7.03. The van der Waals surface area contributed by atoms with Gasteiger partial charge in [-0.15, -0.1) is 10.2 Å². The topological polar surface area (TPSA) is 83.0 Å². The molecule has 1 amide bonds. The minimum atomic E-state index is -0.398. The normalized spacial score (nSPS) is 10.5. The van der Waals surface area contributed by atoms with Crippen molar-refractivity contribution in [3.63, 3.8) is 0 Å². The lowest BCUT2D eigenvalue weighted by Gasteiger charge is -2.10. The predicted molar refractivity (Wildman–Crippen MR) is 93.3 cm³/mol. The van der Waals surface area contributed by atoms with Crippen molar-refractivity contribution in [2.24, 2.45) is 5.73 Å². The van der Waals surface area contributed by atoms with Crippen LogP contribution in [0.1, 0.15) is 0 Å². The quantitative estimate of drug-likeness (QED) is 0.697. The standard InChI is InChI=1S/C17H16N4O2S/c1-23-14-9-5-6-12(10-14)16-19-20-17(24-11-15(18)22)21(16)13-7-3-2-4-8-13/h2-10H,11H2,1H3,(H2,18,22). The molecule has 0 atom stereocenters. The summed E-state index contributed by atoms with van der Waals surface area (Å²) in [6.07, 6.45) is 0. The highest BCUT2D eigenvalue weighted by atomic mass is 32.2. The van der Waals surface area contributed by atoms with Crippen LogP contribution in [0.15, 0.2) is 59.8 Å². The monoisotopic (exact) mass is 340 g/mol. The van der Waals surface area contributed by atoms with E-state index in [1.54, 1.807) is 7.11 Å². The second-order valence-electron chi connectivity index (χ2n) is 4.96. The van der Waals surface area contributed by atoms with Gasteiger partial charge in [-0.3, -0.25) is 9.36 Å². The summed E-state index contributed by atoms with van der Waals surface area (Å²) in [6, 6.07) is 17.3. The van der Waals surface area contributed by atoms with Crippen LogP contribution >= 0.6 is 11.8 Å². The molecule has 0 radical (unpaired) electrons. The number of ether oxygens (including phenoxy) is 1. The molecule has 24 heavy (non-hydrogen) atoms. The molecule has 0 bridgehead atoms. The average Bonchev–Trinajstić information content (AvgIpc) is 3.04. The van der Waals surface area contributed by atoms with Crippen LogP contribution in [0.3, 0.4) is 0 Å². The zero-order valence-electron chi connectivity index (χ0n) is 13.0. The van der Waals surface area contributed by atoms with Crippen molar-refractivity contribution >= 4 is 17.7 Å². The molecule has 1 heterocycles. The molecule has 7 heteroatoms. The van der Waals surface area contributed by atoms with Gasteiger partial charge in [-0.2, -0.15) is 0 Å². The van der Waals surface area contributed by atoms with Crippen molar-refractivity contribution in [1.29, 1.82) is 0 Å². The number of carbonyl (C=O) groups excluding carboxylic acids is 1. The first-order chi connectivity index (χ1) is 11.7. The van der Waals surface area contributed by atoms with Crippen LogP contribution in [0, 0.1) is 0 Å². The van der Waals surface area contributed by atoms with Crippen molar-refractivity contribution in [1.82, 2.24) is 14.8 Å². The Morgan fingerprint density at radius 2 is 1.96 bits per heavy atom. The highest BCUT2D eigenvalue weighted by Crippen LogP contribution is 2.29. The van der Waals surface area contributed by atoms with Gasteiger partial charge >= 0.3 is 0 Å². The lowest BCUT2D eigenvalue weighted by atomic mass is 10.2. The van der Waals surface area contributed by atoms with Gasteiger partial charge in [0.25, 0.3) is 0 Å². The zero-order valence-corrected chi connectivity index (χ0v) is 13.9. The molecule has 2 N–H and O–H groups in total. The van der Waals surface area contributed by atoms with E-state index in [4.69, 9.17) is 10.5 Å². The molecule has 0 fully saturated rings. The molecule has 0 aliphatic carbocycles. The highest BCUT2D eigenvalue weighted by Gasteiger charge is 2.17. The van der Waals surface area contributed by atoms with Crippen LogP contribution in [0.5, 0.6) is 5.75 Å². The van der Waals surface area contributed by atoms with E-state index in [0.717, 1.165) is 17.0 Å². The number of methoxy groups -OCH3 is 1. The third-order valence-corrected chi connectivity index (χ3v) is 4.27. The summed E-state index contributed by atoms with van der Waals surface area (Å²) in [4.78, 5) is 11.1. The third-order valence-electron chi connectivity index (χ3n) is 3.32. The molecule has 0 unspecified atom stereocenters. The fourth-order valence-electron chi connectivity index (χ4n) is 2.26. The summed E-state index contributed by atoms with van der Waals surface area (Å²) in [5, 5.41) is 9.13. The van der Waals surface area contributed by atoms with Crippen molar-refractivity contribution in [3.8, 4) is 22.8 Å². The number of carbonyl (C=O) groups is 1. The molecule has 6 nitrogen and oxygen atoms in total. The second kappa shape index (κ2) is 7.18. The Hall–Kier alpha value is -2.80. The van der Waals surface area contributed by atoms with Gasteiger partial charge in [-0.25, -0.2) is 0 Å². The van der Waals surface area contributed by atoms with Crippen LogP contribution in [-0.2, 0) is 4.79 Å². The molecule has 0 aliphatic rings. The van der Waals surface area contributed by atoms with Crippen LogP contribution in [0.4, 0.5) is 0 Å². The van der Waals surface area contributed by atoms with Gasteiger partial charge < -0.3 is 10.5 Å². The first-order valence-electron chi connectivity index (χ1n) is 7.25. The number of nitrogens with zero attached hydrogens (tertiary/aromatic N) is 3. The lowest BCUT2D eigenvalue weighted by molar-refractivity contribution is -0.115. The van der Waals surface area contributed by atoms with Gasteiger partial charge in [-0.05, 0) is 24.3 Å². The maximum absolute atomic E-state index is 11.1. The Kier molecular flexibility index (Phi) is 4.81. The Balaban J connectivity index is 2.10. The first kappa shape index (κ1) is 16.1. The maximum atomic E-state index is 11.1. The van der Waals surface area contributed by atoms with Crippen LogP contribution in [0.25, 0.3) is 17.1 Å². The van der Waals surface area contributed by atoms with Crippen LogP contribution in [-0.4, -0.2) is 33.5 Å². The SMILES string of the molecule is COc1cccc(-c2nnc(SCC(N)=O)n2-c2ccccc2)c1. The molecule has 1 aromatic heterocycles. The summed E-state index contributed by atoms with van der Waals surface area (Å²) < 4.78 is 7.19. The van der Waals surface area contributed by atoms with Crippen molar-refractivity contribution < 1.29 is 9.53 Å². The number of nitrogens with two attached hydrogens (primary N) is 1. The number of amides is 1. The summed E-state index contributed by atoms with van der Waals surface area (Å²) in [6.45, 7) is 0. The number of hydrogen-bond donors (Lipinski definition) is 1. The summed E-state index contributed by atoms with van der Waals surface area (Å²) in [5.74, 6) is 1.15. The van der Waals surface area contributed by atoms with Gasteiger partial charge in [0.05, 0.1) is 12.9 Å². The van der Waals surface area contributed by atoms with Crippen LogP contribution in [0.2, 0.25) is 0 Å². The van der Waals surface area contributed by atoms with E-state index in [2.05, 4.69) is 10.2 Å². The first-order valence-corrected chi connectivity index (χ1v) is 8.24. The Bertz CT molecular complexity index is 849. The van der Waals surface area contributed by atoms with E-state index >= 15 is 0 Å². The Morgan fingerprint density at radius 3 is 2.67 bits per heavy atom. The molecule has 3 aromatic rings. The molecular weight excluding hydrogens is 324 g/mol. The van der Waals surface area contributed by atoms with E-state index in [-0.39, 0.29) is 5.75 Å². The van der Waals surface area contributed by atoms with Gasteiger partial charge in [0.1, 0.15) is 5.75 Å². The molecule has 0 saturated heterocycles. The number of aromatic nitrogens is 3. The second-order valence-corrected chi connectivity index (χ2v) is 5.91. The number of hydrogen-bond acceptors (Lipinski definition) is 5. The predicted octanol–water partition coefficient (Wildman–Crippen LogP) is 2.52. The summed E-state index contributed by atoms with van der Waals surface area (Å²) in [7, 11) is 1.62. The number of primary amides is 1. The number of thioether (sulfide) groups is 1. The molecular formula is C17H16N4O2S. The zero-order chi connectivity index (χ0) is 16.9. The van der Waals surface area contributed by atoms with Gasteiger partial charge in [0.2, 0.25) is 5.91 Å². The van der Waals surface area contributed by atoms with E-state index in [1.165, 1.54) is 11.8 Å². The number of para-hydroxylation sites is 1. The molecule has 0 aliphatic heterocycles. The Labute approximate surface area is 143 Å². The fraction of sp³-hybridized carbons (Fsp3) is 0.118. The van der Waals surface area contributed by atoms with Crippen molar-refractivity contribution in [2.45, 2.75) is 5.16 Å². The fourth-order valence-corrected chi connectivity index (χ4v) is 2.95. The third kappa shape index (κ3) is 3.41. The Morgan fingerprint density at radius 1 is 1.17 bits per heavy atom. The van der Waals surface area contributed by atoms with E-state index in [0.29, 0.717) is 11.0 Å². The van der Waals surface area contributed by atoms with Gasteiger partial charge in [-0.1, -0.05) is 42.1 Å². The van der Waals surface area contributed by atoms with E-state index in [9.17, 15) is 4.79 Å². The lowest BCUT2D eigenvalue weighted by Crippen LogP contribution is -2.13. The molecule has 3 rings (SSSR count).